The molecule has 0 amide bonds. The van der Waals surface area contributed by atoms with Crippen LogP contribution in [-0.2, 0) is 5.41 Å². The number of hydrogen-bond donors (Lipinski definition) is 1. The van der Waals surface area contributed by atoms with Gasteiger partial charge in [0.05, 0.1) is 23.4 Å². The topological polar surface area (TPSA) is 76.8 Å². The third-order valence-corrected chi connectivity index (χ3v) is 4.39. The molecule has 3 aromatic rings. The molecule has 1 N–H and O–H groups in total. The Kier molecular flexibility index (Phi) is 4.06. The molecule has 2 aromatic heterocycles. The molecular formula is C16H20N4O2S. The molecule has 1 atom stereocenters. The maximum absolute atomic E-state index is 5.39. The van der Waals surface area contributed by atoms with Gasteiger partial charge in [-0.15, -0.1) is 0 Å². The van der Waals surface area contributed by atoms with Crippen molar-refractivity contribution < 1.29 is 9.26 Å². The minimum absolute atomic E-state index is 0.0149. The molecule has 122 valence electrons. The summed E-state index contributed by atoms with van der Waals surface area (Å²) in [6.45, 7) is 8.21. The SMILES string of the molecule is COc1ccc2nc(SC(C)c3nc(C(C)(C)C)no3)[nH]c2c1. The molecule has 0 saturated carbocycles. The molecule has 0 aliphatic rings. The molecule has 0 aliphatic heterocycles. The maximum atomic E-state index is 5.39. The van der Waals surface area contributed by atoms with Gasteiger partial charge in [0.15, 0.2) is 11.0 Å². The van der Waals surface area contributed by atoms with Gasteiger partial charge in [-0.3, -0.25) is 0 Å². The number of imidazole rings is 1. The summed E-state index contributed by atoms with van der Waals surface area (Å²) in [7, 11) is 1.65. The monoisotopic (exact) mass is 332 g/mol. The van der Waals surface area contributed by atoms with Gasteiger partial charge in [-0.2, -0.15) is 4.98 Å². The lowest BCUT2D eigenvalue weighted by Gasteiger charge is -2.11. The van der Waals surface area contributed by atoms with Crippen LogP contribution >= 0.6 is 11.8 Å². The number of fused-ring (bicyclic) bond motifs is 1. The van der Waals surface area contributed by atoms with Gasteiger partial charge in [0.1, 0.15) is 5.75 Å². The average Bonchev–Trinajstić information content (AvgIpc) is 3.12. The Morgan fingerprint density at radius 1 is 1.26 bits per heavy atom. The van der Waals surface area contributed by atoms with Gasteiger partial charge in [0.2, 0.25) is 5.89 Å². The van der Waals surface area contributed by atoms with E-state index in [1.807, 2.05) is 25.1 Å². The van der Waals surface area contributed by atoms with E-state index in [0.717, 1.165) is 21.9 Å². The Morgan fingerprint density at radius 3 is 2.70 bits per heavy atom. The standard InChI is InChI=1S/C16H20N4O2S/c1-9(13-19-14(20-22-13)16(2,3)4)23-15-17-11-7-6-10(21-5)8-12(11)18-15/h6-9H,1-5H3,(H,17,18). The number of aromatic nitrogens is 4. The number of benzene rings is 1. The summed E-state index contributed by atoms with van der Waals surface area (Å²) in [5.74, 6) is 2.13. The number of nitrogens with one attached hydrogen (secondary N) is 1. The average molecular weight is 332 g/mol. The van der Waals surface area contributed by atoms with Crippen LogP contribution in [0.5, 0.6) is 5.75 Å². The van der Waals surface area contributed by atoms with Crippen LogP contribution in [0, 0.1) is 0 Å². The van der Waals surface area contributed by atoms with Crippen LogP contribution in [0.1, 0.15) is 44.7 Å². The number of rotatable bonds is 4. The Bertz CT molecular complexity index is 819. The number of aromatic amines is 1. The first-order valence-corrected chi connectivity index (χ1v) is 8.29. The first kappa shape index (κ1) is 15.9. The number of thioether (sulfide) groups is 1. The lowest BCUT2D eigenvalue weighted by Crippen LogP contribution is -2.13. The summed E-state index contributed by atoms with van der Waals surface area (Å²) in [6.07, 6.45) is 0. The van der Waals surface area contributed by atoms with Gasteiger partial charge in [0.25, 0.3) is 0 Å². The second-order valence-electron chi connectivity index (χ2n) is 6.39. The highest BCUT2D eigenvalue weighted by atomic mass is 32.2. The summed E-state index contributed by atoms with van der Waals surface area (Å²) in [4.78, 5) is 12.4. The van der Waals surface area contributed by atoms with E-state index in [1.165, 1.54) is 0 Å². The van der Waals surface area contributed by atoms with Crippen LogP contribution in [-0.4, -0.2) is 27.2 Å². The lowest BCUT2D eigenvalue weighted by atomic mass is 9.96. The van der Waals surface area contributed by atoms with Crippen LogP contribution in [0.2, 0.25) is 0 Å². The van der Waals surface area contributed by atoms with Gasteiger partial charge in [-0.05, 0) is 19.1 Å². The highest BCUT2D eigenvalue weighted by Crippen LogP contribution is 2.34. The Morgan fingerprint density at radius 2 is 2.04 bits per heavy atom. The quantitative estimate of drug-likeness (QED) is 0.725. The van der Waals surface area contributed by atoms with Crippen molar-refractivity contribution in [1.82, 2.24) is 20.1 Å². The molecule has 23 heavy (non-hydrogen) atoms. The van der Waals surface area contributed by atoms with E-state index in [-0.39, 0.29) is 10.7 Å². The fourth-order valence-electron chi connectivity index (χ4n) is 2.07. The Hall–Kier alpha value is -2.02. The number of methoxy groups -OCH3 is 1. The summed E-state index contributed by atoms with van der Waals surface area (Å²) in [5, 5.41) is 4.90. The number of nitrogens with zero attached hydrogens (tertiary/aromatic N) is 3. The Labute approximate surface area is 139 Å². The van der Waals surface area contributed by atoms with Crippen LogP contribution in [0.3, 0.4) is 0 Å². The second kappa shape index (κ2) is 5.88. The molecule has 0 spiro atoms. The van der Waals surface area contributed by atoms with Crippen molar-refractivity contribution in [3.05, 3.63) is 29.9 Å². The van der Waals surface area contributed by atoms with E-state index in [9.17, 15) is 0 Å². The molecule has 0 bridgehead atoms. The molecule has 6 nitrogen and oxygen atoms in total. The number of ether oxygens (including phenoxy) is 1. The van der Waals surface area contributed by atoms with Crippen LogP contribution < -0.4 is 4.74 Å². The van der Waals surface area contributed by atoms with Crippen molar-refractivity contribution in [2.45, 2.75) is 43.5 Å². The third kappa shape index (κ3) is 3.34. The van der Waals surface area contributed by atoms with Crippen LogP contribution in [0.4, 0.5) is 0 Å². The van der Waals surface area contributed by atoms with E-state index in [1.54, 1.807) is 18.9 Å². The summed E-state index contributed by atoms with van der Waals surface area (Å²) >= 11 is 1.56. The minimum atomic E-state index is -0.123. The molecule has 2 heterocycles. The third-order valence-electron chi connectivity index (χ3n) is 3.42. The van der Waals surface area contributed by atoms with Gasteiger partial charge in [0, 0.05) is 11.5 Å². The van der Waals surface area contributed by atoms with Crippen molar-refractivity contribution in [2.75, 3.05) is 7.11 Å². The van der Waals surface area contributed by atoms with Gasteiger partial charge in [-0.25, -0.2) is 4.98 Å². The second-order valence-corrected chi connectivity index (χ2v) is 7.72. The molecular weight excluding hydrogens is 312 g/mol. The molecule has 3 rings (SSSR count). The van der Waals surface area contributed by atoms with Crippen molar-refractivity contribution in [3.63, 3.8) is 0 Å². The van der Waals surface area contributed by atoms with Crippen molar-refractivity contribution in [3.8, 4) is 5.75 Å². The van der Waals surface area contributed by atoms with Crippen molar-refractivity contribution in [1.29, 1.82) is 0 Å². The highest BCUT2D eigenvalue weighted by molar-refractivity contribution is 7.99. The fraction of sp³-hybridized carbons (Fsp3) is 0.438. The highest BCUT2D eigenvalue weighted by Gasteiger charge is 2.24. The van der Waals surface area contributed by atoms with E-state index in [4.69, 9.17) is 9.26 Å². The predicted octanol–water partition coefficient (Wildman–Crippen LogP) is 4.11. The van der Waals surface area contributed by atoms with E-state index in [0.29, 0.717) is 11.7 Å². The molecule has 1 unspecified atom stereocenters. The summed E-state index contributed by atoms with van der Waals surface area (Å²) in [6, 6.07) is 5.76. The number of hydrogen-bond acceptors (Lipinski definition) is 6. The zero-order valence-electron chi connectivity index (χ0n) is 13.9. The molecule has 1 aromatic carbocycles. The van der Waals surface area contributed by atoms with Gasteiger partial charge >= 0.3 is 0 Å². The predicted molar refractivity (Wildman–Crippen MR) is 89.9 cm³/mol. The minimum Gasteiger partial charge on any atom is -0.497 e. The van der Waals surface area contributed by atoms with Crippen molar-refractivity contribution in [2.24, 2.45) is 0 Å². The zero-order chi connectivity index (χ0) is 16.6. The van der Waals surface area contributed by atoms with Crippen molar-refractivity contribution >= 4 is 22.8 Å². The maximum Gasteiger partial charge on any atom is 0.239 e. The largest absolute Gasteiger partial charge is 0.497 e. The van der Waals surface area contributed by atoms with E-state index < -0.39 is 0 Å². The Balaban J connectivity index is 1.79. The van der Waals surface area contributed by atoms with Gasteiger partial charge in [-0.1, -0.05) is 37.7 Å². The molecule has 0 radical (unpaired) electrons. The van der Waals surface area contributed by atoms with Crippen LogP contribution in [0.15, 0.2) is 27.9 Å². The smallest absolute Gasteiger partial charge is 0.239 e. The first-order chi connectivity index (χ1) is 10.9. The normalized spacial score (nSPS) is 13.4. The van der Waals surface area contributed by atoms with Crippen LogP contribution in [0.25, 0.3) is 11.0 Å². The number of H-pyrrole nitrogens is 1. The van der Waals surface area contributed by atoms with Gasteiger partial charge < -0.3 is 14.2 Å². The summed E-state index contributed by atoms with van der Waals surface area (Å²) < 4.78 is 10.6. The molecule has 0 aliphatic carbocycles. The molecule has 7 heteroatoms. The lowest BCUT2D eigenvalue weighted by molar-refractivity contribution is 0.364. The van der Waals surface area contributed by atoms with E-state index >= 15 is 0 Å². The summed E-state index contributed by atoms with van der Waals surface area (Å²) in [5.41, 5.74) is 1.73. The van der Waals surface area contributed by atoms with E-state index in [2.05, 4.69) is 40.9 Å². The zero-order valence-corrected chi connectivity index (χ0v) is 14.7. The molecule has 0 saturated heterocycles. The first-order valence-electron chi connectivity index (χ1n) is 7.41. The molecule has 0 fully saturated rings. The fourth-order valence-corrected chi connectivity index (χ4v) is 2.92.